The van der Waals surface area contributed by atoms with E-state index >= 15 is 0 Å². The number of rotatable bonds is 9. The van der Waals surface area contributed by atoms with E-state index in [1.165, 1.54) is 36.4 Å². The van der Waals surface area contributed by atoms with E-state index in [2.05, 4.69) is 10.3 Å². The fraction of sp³-hybridized carbons (Fsp3) is 0.391. The van der Waals surface area contributed by atoms with E-state index in [0.717, 1.165) is 44.7 Å². The summed E-state index contributed by atoms with van der Waals surface area (Å²) in [6.07, 6.45) is 6.51. The maximum atomic E-state index is 12.5. The van der Waals surface area contributed by atoms with Crippen LogP contribution >= 0.6 is 0 Å². The van der Waals surface area contributed by atoms with E-state index in [-0.39, 0.29) is 28.2 Å². The number of esters is 1. The second kappa shape index (κ2) is 11.0. The fourth-order valence-corrected chi connectivity index (χ4v) is 4.35. The Balaban J connectivity index is 1.60. The number of aromatic nitrogens is 1. The van der Waals surface area contributed by atoms with Gasteiger partial charge in [0.15, 0.2) is 0 Å². The van der Waals surface area contributed by atoms with Crippen LogP contribution in [0.5, 0.6) is 0 Å². The third-order valence-corrected chi connectivity index (χ3v) is 6.63. The van der Waals surface area contributed by atoms with Crippen molar-refractivity contribution in [1.82, 2.24) is 15.0 Å². The Morgan fingerprint density at radius 1 is 1.00 bits per heavy atom. The number of benzene rings is 1. The van der Waals surface area contributed by atoms with Gasteiger partial charge in [0.25, 0.3) is 21.8 Å². The Morgan fingerprint density at radius 2 is 1.67 bits per heavy atom. The van der Waals surface area contributed by atoms with Crippen molar-refractivity contribution < 1.29 is 27.5 Å². The molecule has 10 heteroatoms. The highest BCUT2D eigenvalue weighted by Gasteiger charge is 2.22. The first kappa shape index (κ1) is 24.4. The average molecular weight is 474 g/mol. The number of sulfonamides is 1. The van der Waals surface area contributed by atoms with E-state index in [9.17, 15) is 22.8 Å². The number of ether oxygens (including phenoxy) is 1. The summed E-state index contributed by atoms with van der Waals surface area (Å²) in [4.78, 5) is 40.4. The minimum atomic E-state index is -4.16. The van der Waals surface area contributed by atoms with Gasteiger partial charge in [-0.3, -0.25) is 9.59 Å². The van der Waals surface area contributed by atoms with Crippen molar-refractivity contribution in [3.05, 3.63) is 59.4 Å². The fourth-order valence-electron chi connectivity index (χ4n) is 3.37. The van der Waals surface area contributed by atoms with Gasteiger partial charge in [0.05, 0.1) is 10.5 Å². The standard InChI is InChI=1S/C23H27N3O6S/c1-2-3-14-24-21(27)16-8-11-19(12-9-16)33(30,31)26-22(28)17-10-13-20(25-15-17)23(29)32-18-6-4-5-7-18/h8-13,15,18H,2-7,14H2,1H3,(H,24,27)(H,26,28). The molecule has 9 nitrogen and oxygen atoms in total. The van der Waals surface area contributed by atoms with Gasteiger partial charge in [-0.05, 0) is 68.5 Å². The second-order valence-corrected chi connectivity index (χ2v) is 9.49. The van der Waals surface area contributed by atoms with Crippen LogP contribution in [-0.2, 0) is 14.8 Å². The van der Waals surface area contributed by atoms with Crippen LogP contribution in [0.25, 0.3) is 0 Å². The van der Waals surface area contributed by atoms with Crippen LogP contribution in [0, 0.1) is 0 Å². The third-order valence-electron chi connectivity index (χ3n) is 5.28. The highest BCUT2D eigenvalue weighted by molar-refractivity contribution is 7.90. The van der Waals surface area contributed by atoms with Gasteiger partial charge in [0.1, 0.15) is 11.8 Å². The summed E-state index contributed by atoms with van der Waals surface area (Å²) in [5, 5.41) is 2.75. The lowest BCUT2D eigenvalue weighted by Gasteiger charge is -2.11. The number of pyridine rings is 1. The monoisotopic (exact) mass is 473 g/mol. The van der Waals surface area contributed by atoms with Gasteiger partial charge in [0.2, 0.25) is 0 Å². The first-order chi connectivity index (χ1) is 15.8. The molecule has 2 aromatic rings. The van der Waals surface area contributed by atoms with Crippen LogP contribution in [0.4, 0.5) is 0 Å². The topological polar surface area (TPSA) is 132 Å². The van der Waals surface area contributed by atoms with Crippen LogP contribution in [-0.4, -0.2) is 43.8 Å². The SMILES string of the molecule is CCCCNC(=O)c1ccc(S(=O)(=O)NC(=O)c2ccc(C(=O)OC3CCCC3)nc2)cc1. The summed E-state index contributed by atoms with van der Waals surface area (Å²) in [5.74, 6) is -1.76. The van der Waals surface area contributed by atoms with Gasteiger partial charge < -0.3 is 10.1 Å². The van der Waals surface area contributed by atoms with Crippen molar-refractivity contribution >= 4 is 27.8 Å². The van der Waals surface area contributed by atoms with E-state index < -0.39 is 21.9 Å². The van der Waals surface area contributed by atoms with E-state index in [4.69, 9.17) is 4.74 Å². The molecule has 0 spiro atoms. The molecule has 3 rings (SSSR count). The van der Waals surface area contributed by atoms with Gasteiger partial charge in [-0.25, -0.2) is 22.9 Å². The maximum Gasteiger partial charge on any atom is 0.357 e. The molecule has 1 fully saturated rings. The Bertz CT molecular complexity index is 1090. The van der Waals surface area contributed by atoms with E-state index in [1.807, 2.05) is 11.6 Å². The van der Waals surface area contributed by atoms with Gasteiger partial charge in [-0.1, -0.05) is 13.3 Å². The molecule has 2 amide bonds. The predicted molar refractivity (Wildman–Crippen MR) is 120 cm³/mol. The normalized spacial score (nSPS) is 14.0. The number of carbonyl (C=O) groups excluding carboxylic acids is 3. The van der Waals surface area contributed by atoms with E-state index in [1.54, 1.807) is 0 Å². The number of nitrogens with one attached hydrogen (secondary N) is 2. The Morgan fingerprint density at radius 3 is 2.27 bits per heavy atom. The molecule has 0 bridgehead atoms. The van der Waals surface area contributed by atoms with Crippen molar-refractivity contribution in [2.45, 2.75) is 56.4 Å². The Kier molecular flexibility index (Phi) is 8.16. The molecule has 1 aliphatic rings. The summed E-state index contributed by atoms with van der Waals surface area (Å²) in [7, 11) is -4.16. The maximum absolute atomic E-state index is 12.5. The molecule has 33 heavy (non-hydrogen) atoms. The smallest absolute Gasteiger partial charge is 0.357 e. The lowest BCUT2D eigenvalue weighted by Crippen LogP contribution is -2.31. The molecule has 1 heterocycles. The summed E-state index contributed by atoms with van der Waals surface area (Å²) in [6.45, 7) is 2.55. The summed E-state index contributed by atoms with van der Waals surface area (Å²) in [5.41, 5.74) is 0.345. The van der Waals surface area contributed by atoms with Gasteiger partial charge in [-0.2, -0.15) is 0 Å². The lowest BCUT2D eigenvalue weighted by atomic mass is 10.2. The second-order valence-electron chi connectivity index (χ2n) is 7.81. The van der Waals surface area contributed by atoms with Crippen molar-refractivity contribution in [3.8, 4) is 0 Å². The largest absolute Gasteiger partial charge is 0.458 e. The number of nitrogens with zero attached hydrogens (tertiary/aromatic N) is 1. The van der Waals surface area contributed by atoms with Crippen molar-refractivity contribution in [2.24, 2.45) is 0 Å². The molecule has 0 atom stereocenters. The first-order valence-corrected chi connectivity index (χ1v) is 12.4. The molecule has 1 saturated carbocycles. The molecule has 0 saturated heterocycles. The summed E-state index contributed by atoms with van der Waals surface area (Å²) < 4.78 is 32.4. The van der Waals surface area contributed by atoms with Crippen LogP contribution < -0.4 is 10.0 Å². The van der Waals surface area contributed by atoms with Gasteiger partial charge in [-0.15, -0.1) is 0 Å². The van der Waals surface area contributed by atoms with Crippen LogP contribution in [0.2, 0.25) is 0 Å². The molecule has 2 N–H and O–H groups in total. The highest BCUT2D eigenvalue weighted by atomic mass is 32.2. The number of unbranched alkanes of at least 4 members (excludes halogenated alkanes) is 1. The average Bonchev–Trinajstić information content (AvgIpc) is 3.32. The first-order valence-electron chi connectivity index (χ1n) is 10.9. The minimum absolute atomic E-state index is 0.0251. The van der Waals surface area contributed by atoms with Crippen molar-refractivity contribution in [1.29, 1.82) is 0 Å². The molecule has 1 aromatic heterocycles. The zero-order chi connectivity index (χ0) is 23.8. The highest BCUT2D eigenvalue weighted by Crippen LogP contribution is 2.22. The molecule has 0 aliphatic heterocycles. The molecule has 1 aliphatic carbocycles. The zero-order valence-corrected chi connectivity index (χ0v) is 19.2. The van der Waals surface area contributed by atoms with Gasteiger partial charge in [0, 0.05) is 18.3 Å². The summed E-state index contributed by atoms with van der Waals surface area (Å²) >= 11 is 0. The molecule has 1 aromatic carbocycles. The van der Waals surface area contributed by atoms with Crippen LogP contribution in [0.1, 0.15) is 76.7 Å². The number of hydrogen-bond acceptors (Lipinski definition) is 7. The predicted octanol–water partition coefficient (Wildman–Crippen LogP) is 2.83. The Labute approximate surface area is 193 Å². The Hall–Kier alpha value is -3.27. The van der Waals surface area contributed by atoms with Gasteiger partial charge >= 0.3 is 5.97 Å². The summed E-state index contributed by atoms with van der Waals surface area (Å²) in [6, 6.07) is 7.91. The molecule has 0 unspecified atom stereocenters. The number of hydrogen-bond donors (Lipinski definition) is 2. The number of amides is 2. The zero-order valence-electron chi connectivity index (χ0n) is 18.4. The molecular formula is C23H27N3O6S. The molecule has 176 valence electrons. The molecular weight excluding hydrogens is 446 g/mol. The van der Waals surface area contributed by atoms with Crippen molar-refractivity contribution in [2.75, 3.05) is 6.54 Å². The molecule has 0 radical (unpaired) electrons. The van der Waals surface area contributed by atoms with Crippen LogP contribution in [0.3, 0.4) is 0 Å². The van der Waals surface area contributed by atoms with Crippen molar-refractivity contribution in [3.63, 3.8) is 0 Å². The number of carbonyl (C=O) groups is 3. The quantitative estimate of drug-likeness (QED) is 0.423. The lowest BCUT2D eigenvalue weighted by molar-refractivity contribution is 0.0310. The third kappa shape index (κ3) is 6.61. The van der Waals surface area contributed by atoms with E-state index in [0.29, 0.717) is 12.1 Å². The minimum Gasteiger partial charge on any atom is -0.458 e. The van der Waals surface area contributed by atoms with Crippen LogP contribution in [0.15, 0.2) is 47.5 Å².